The number of carbonyl (C=O) groups excluding carboxylic acids is 2. The van der Waals surface area contributed by atoms with Gasteiger partial charge in [-0.3, -0.25) is 9.59 Å². The van der Waals surface area contributed by atoms with Gasteiger partial charge in [-0.15, -0.1) is 11.3 Å². The zero-order chi connectivity index (χ0) is 19.6. The maximum Gasteiger partial charge on any atom is 0.256 e. The molecule has 1 atom stereocenters. The van der Waals surface area contributed by atoms with Crippen LogP contribution < -0.4 is 11.1 Å². The summed E-state index contributed by atoms with van der Waals surface area (Å²) in [4.78, 5) is 23.9. The number of hydrogen-bond acceptors (Lipinski definition) is 5. The summed E-state index contributed by atoms with van der Waals surface area (Å²) < 4.78 is 27.2. The predicted molar refractivity (Wildman–Crippen MR) is 104 cm³/mol. The van der Waals surface area contributed by atoms with Crippen molar-refractivity contribution in [3.8, 4) is 0 Å². The van der Waals surface area contributed by atoms with Crippen LogP contribution in [0.5, 0.6) is 0 Å². The SMILES string of the molecule is C[C@H]1CCCCN1S(=O)(=O)c1ccc(C(=O)Nc2sccc2C(N)=O)cc1. The molecule has 0 saturated carbocycles. The maximum atomic E-state index is 12.8. The number of benzene rings is 1. The number of piperidine rings is 1. The minimum atomic E-state index is -3.58. The van der Waals surface area contributed by atoms with Crippen molar-refractivity contribution in [3.63, 3.8) is 0 Å². The van der Waals surface area contributed by atoms with Gasteiger partial charge >= 0.3 is 0 Å². The standard InChI is InChI=1S/C18H21N3O4S2/c1-12-4-2-3-10-21(12)27(24,25)14-7-5-13(6-8-14)17(23)20-18-15(16(19)22)9-11-26-18/h5-9,11-12H,2-4,10H2,1H3,(H2,19,22)(H,20,23)/t12-/m0/s1. The fraction of sp³-hybridized carbons (Fsp3) is 0.333. The van der Waals surface area contributed by atoms with E-state index in [1.54, 1.807) is 5.38 Å². The number of primary amides is 1. The Morgan fingerprint density at radius 1 is 1.19 bits per heavy atom. The average Bonchev–Trinajstić information content (AvgIpc) is 3.10. The molecule has 1 aliphatic heterocycles. The first-order chi connectivity index (χ1) is 12.8. The summed E-state index contributed by atoms with van der Waals surface area (Å²) in [7, 11) is -3.58. The van der Waals surface area contributed by atoms with Crippen molar-refractivity contribution in [2.24, 2.45) is 5.73 Å². The molecule has 3 rings (SSSR count). The summed E-state index contributed by atoms with van der Waals surface area (Å²) in [5, 5.41) is 4.66. The van der Waals surface area contributed by atoms with Gasteiger partial charge in [-0.2, -0.15) is 4.31 Å². The lowest BCUT2D eigenvalue weighted by atomic mass is 10.1. The number of hydrogen-bond donors (Lipinski definition) is 2. The Morgan fingerprint density at radius 2 is 1.89 bits per heavy atom. The number of thiophene rings is 1. The summed E-state index contributed by atoms with van der Waals surface area (Å²) in [6.45, 7) is 2.43. The summed E-state index contributed by atoms with van der Waals surface area (Å²) in [5.41, 5.74) is 5.81. The van der Waals surface area contributed by atoms with Crippen LogP contribution in [0, 0.1) is 0 Å². The second-order valence-corrected chi connectivity index (χ2v) is 9.27. The summed E-state index contributed by atoms with van der Waals surface area (Å²) in [6.07, 6.45) is 2.73. The molecule has 3 N–H and O–H groups in total. The highest BCUT2D eigenvalue weighted by molar-refractivity contribution is 7.89. The molecule has 0 radical (unpaired) electrons. The minimum absolute atomic E-state index is 0.0298. The van der Waals surface area contributed by atoms with E-state index in [1.807, 2.05) is 6.92 Å². The number of anilines is 1. The first-order valence-electron chi connectivity index (χ1n) is 8.61. The molecule has 2 amide bonds. The molecule has 2 aromatic rings. The van der Waals surface area contributed by atoms with Gasteiger partial charge < -0.3 is 11.1 Å². The van der Waals surface area contributed by atoms with Gasteiger partial charge in [0.15, 0.2) is 0 Å². The molecule has 9 heteroatoms. The first-order valence-corrected chi connectivity index (χ1v) is 10.9. The van der Waals surface area contributed by atoms with Crippen molar-refractivity contribution < 1.29 is 18.0 Å². The largest absolute Gasteiger partial charge is 0.366 e. The number of nitrogens with two attached hydrogens (primary N) is 1. The fourth-order valence-electron chi connectivity index (χ4n) is 3.12. The lowest BCUT2D eigenvalue weighted by molar-refractivity contribution is 0.100. The Balaban J connectivity index is 1.77. The van der Waals surface area contributed by atoms with Gasteiger partial charge in [-0.25, -0.2) is 8.42 Å². The zero-order valence-corrected chi connectivity index (χ0v) is 16.5. The highest BCUT2D eigenvalue weighted by atomic mass is 32.2. The van der Waals surface area contributed by atoms with Crippen LogP contribution in [0.25, 0.3) is 0 Å². The van der Waals surface area contributed by atoms with Gasteiger partial charge in [0.25, 0.3) is 11.8 Å². The molecule has 0 spiro atoms. The molecular weight excluding hydrogens is 386 g/mol. The van der Waals surface area contributed by atoms with E-state index in [0.717, 1.165) is 19.3 Å². The van der Waals surface area contributed by atoms with Gasteiger partial charge in [0.05, 0.1) is 10.5 Å². The van der Waals surface area contributed by atoms with Gasteiger partial charge in [0, 0.05) is 18.2 Å². The topological polar surface area (TPSA) is 110 Å². The second kappa shape index (κ2) is 7.79. The molecule has 1 aliphatic rings. The third kappa shape index (κ3) is 4.05. The van der Waals surface area contributed by atoms with Gasteiger partial charge in [-0.1, -0.05) is 6.42 Å². The number of nitrogens with one attached hydrogen (secondary N) is 1. The van der Waals surface area contributed by atoms with E-state index in [1.165, 1.54) is 46.0 Å². The molecular formula is C18H21N3O4S2. The Kier molecular flexibility index (Phi) is 5.64. The Bertz CT molecular complexity index is 951. The number of carbonyl (C=O) groups is 2. The van der Waals surface area contributed by atoms with Crippen LogP contribution in [0.4, 0.5) is 5.00 Å². The van der Waals surface area contributed by atoms with Crippen molar-refractivity contribution in [1.82, 2.24) is 4.31 Å². The normalized spacial score (nSPS) is 18.2. The molecule has 1 saturated heterocycles. The molecule has 7 nitrogen and oxygen atoms in total. The van der Waals surface area contributed by atoms with E-state index < -0.39 is 21.8 Å². The number of nitrogens with zero attached hydrogens (tertiary/aromatic N) is 1. The molecule has 1 aromatic carbocycles. The summed E-state index contributed by atoms with van der Waals surface area (Å²) in [5.74, 6) is -1.06. The lowest BCUT2D eigenvalue weighted by Crippen LogP contribution is -2.41. The number of amides is 2. The van der Waals surface area contributed by atoms with E-state index in [4.69, 9.17) is 5.73 Å². The Labute approximate surface area is 162 Å². The highest BCUT2D eigenvalue weighted by Gasteiger charge is 2.30. The monoisotopic (exact) mass is 407 g/mol. The molecule has 1 fully saturated rings. The average molecular weight is 408 g/mol. The van der Waals surface area contributed by atoms with E-state index in [2.05, 4.69) is 5.32 Å². The van der Waals surface area contributed by atoms with E-state index in [0.29, 0.717) is 17.1 Å². The second-order valence-electron chi connectivity index (χ2n) is 6.47. The molecule has 0 aliphatic carbocycles. The maximum absolute atomic E-state index is 12.8. The van der Waals surface area contributed by atoms with E-state index in [-0.39, 0.29) is 16.5 Å². The van der Waals surface area contributed by atoms with Crippen LogP contribution in [0.2, 0.25) is 0 Å². The van der Waals surface area contributed by atoms with Crippen LogP contribution in [0.15, 0.2) is 40.6 Å². The molecule has 0 unspecified atom stereocenters. The minimum Gasteiger partial charge on any atom is -0.366 e. The molecule has 1 aromatic heterocycles. The van der Waals surface area contributed by atoms with E-state index in [9.17, 15) is 18.0 Å². The third-order valence-corrected chi connectivity index (χ3v) is 7.48. The smallest absolute Gasteiger partial charge is 0.256 e. The van der Waals surface area contributed by atoms with Crippen molar-refractivity contribution in [1.29, 1.82) is 0 Å². The van der Waals surface area contributed by atoms with Crippen molar-refractivity contribution in [3.05, 3.63) is 46.8 Å². The van der Waals surface area contributed by atoms with Gasteiger partial charge in [0.1, 0.15) is 5.00 Å². The van der Waals surface area contributed by atoms with E-state index >= 15 is 0 Å². The zero-order valence-electron chi connectivity index (χ0n) is 14.8. The molecule has 144 valence electrons. The third-order valence-electron chi connectivity index (χ3n) is 4.62. The van der Waals surface area contributed by atoms with Crippen LogP contribution in [-0.2, 0) is 10.0 Å². The lowest BCUT2D eigenvalue weighted by Gasteiger charge is -2.32. The number of rotatable bonds is 5. The van der Waals surface area contributed by atoms with Crippen LogP contribution in [0.1, 0.15) is 46.9 Å². The van der Waals surface area contributed by atoms with Gasteiger partial charge in [0.2, 0.25) is 10.0 Å². The van der Waals surface area contributed by atoms with Crippen molar-refractivity contribution in [2.45, 2.75) is 37.1 Å². The predicted octanol–water partition coefficient (Wildman–Crippen LogP) is 2.66. The Morgan fingerprint density at radius 3 is 2.52 bits per heavy atom. The van der Waals surface area contributed by atoms with Crippen LogP contribution >= 0.6 is 11.3 Å². The molecule has 27 heavy (non-hydrogen) atoms. The summed E-state index contributed by atoms with van der Waals surface area (Å²) in [6, 6.07) is 7.32. The van der Waals surface area contributed by atoms with Crippen LogP contribution in [-0.4, -0.2) is 37.1 Å². The molecule has 0 bridgehead atoms. The van der Waals surface area contributed by atoms with Crippen molar-refractivity contribution in [2.75, 3.05) is 11.9 Å². The summed E-state index contributed by atoms with van der Waals surface area (Å²) >= 11 is 1.19. The highest BCUT2D eigenvalue weighted by Crippen LogP contribution is 2.26. The Hall–Kier alpha value is -2.23. The van der Waals surface area contributed by atoms with Crippen molar-refractivity contribution >= 4 is 38.2 Å². The first kappa shape index (κ1) is 19.5. The fourth-order valence-corrected chi connectivity index (χ4v) is 5.60. The van der Waals surface area contributed by atoms with Crippen LogP contribution in [0.3, 0.4) is 0 Å². The number of sulfonamides is 1. The quantitative estimate of drug-likeness (QED) is 0.794. The molecule has 2 heterocycles. The van der Waals surface area contributed by atoms with Gasteiger partial charge in [-0.05, 0) is 55.5 Å².